The van der Waals surface area contributed by atoms with Gasteiger partial charge < -0.3 is 14.6 Å². The number of nitrogens with zero attached hydrogens (tertiary/aromatic N) is 1. The van der Waals surface area contributed by atoms with Crippen molar-refractivity contribution in [3.63, 3.8) is 0 Å². The molecular weight excluding hydrogens is 276 g/mol. The summed E-state index contributed by atoms with van der Waals surface area (Å²) in [5.74, 6) is 1.07. The fraction of sp³-hybridized carbons (Fsp3) is 0.722. The van der Waals surface area contributed by atoms with Gasteiger partial charge in [0.05, 0.1) is 0 Å². The van der Waals surface area contributed by atoms with Crippen molar-refractivity contribution in [3.8, 4) is 0 Å². The summed E-state index contributed by atoms with van der Waals surface area (Å²) in [6.45, 7) is 13.9. The molecule has 1 aromatic rings. The highest BCUT2D eigenvalue weighted by Crippen LogP contribution is 2.33. The van der Waals surface area contributed by atoms with E-state index in [1.807, 2.05) is 25.7 Å². The number of likely N-dealkylation sites (tertiary alicyclic amines) is 1. The highest BCUT2D eigenvalue weighted by atomic mass is 16.6. The monoisotopic (exact) mass is 306 g/mol. The van der Waals surface area contributed by atoms with Gasteiger partial charge in [-0.15, -0.1) is 0 Å². The van der Waals surface area contributed by atoms with Crippen LogP contribution in [0.15, 0.2) is 6.20 Å². The van der Waals surface area contributed by atoms with Gasteiger partial charge in [0.15, 0.2) is 0 Å². The van der Waals surface area contributed by atoms with E-state index < -0.39 is 5.60 Å². The fourth-order valence-electron chi connectivity index (χ4n) is 3.23. The third-order valence-electron chi connectivity index (χ3n) is 4.40. The van der Waals surface area contributed by atoms with Crippen molar-refractivity contribution >= 4 is 6.09 Å². The molecule has 0 atom stereocenters. The number of carbonyl (C=O) groups excluding carboxylic acids is 1. The number of hydrogen-bond acceptors (Lipinski definition) is 2. The van der Waals surface area contributed by atoms with Gasteiger partial charge in [-0.2, -0.15) is 0 Å². The number of piperidine rings is 1. The van der Waals surface area contributed by atoms with Crippen molar-refractivity contribution in [3.05, 3.63) is 23.0 Å². The number of rotatable bonds is 2. The van der Waals surface area contributed by atoms with Gasteiger partial charge in [-0.3, -0.25) is 0 Å². The minimum absolute atomic E-state index is 0.183. The van der Waals surface area contributed by atoms with E-state index in [9.17, 15) is 4.79 Å². The third kappa shape index (κ3) is 3.84. The Hall–Kier alpha value is -1.45. The summed E-state index contributed by atoms with van der Waals surface area (Å²) in [5, 5.41) is 0. The summed E-state index contributed by atoms with van der Waals surface area (Å²) in [7, 11) is 0. The number of carbonyl (C=O) groups is 1. The second-order valence-corrected chi connectivity index (χ2v) is 7.68. The summed E-state index contributed by atoms with van der Waals surface area (Å²) < 4.78 is 5.46. The van der Waals surface area contributed by atoms with E-state index in [1.165, 1.54) is 16.8 Å². The lowest BCUT2D eigenvalue weighted by Gasteiger charge is -2.33. The second kappa shape index (κ2) is 6.35. The lowest BCUT2D eigenvalue weighted by molar-refractivity contribution is 0.0204. The van der Waals surface area contributed by atoms with Crippen LogP contribution in [-0.2, 0) is 4.74 Å². The predicted molar refractivity (Wildman–Crippen MR) is 89.4 cm³/mol. The standard InChI is InChI=1S/C18H30N2O2/c1-12(2)15-11-19-16(13(15)3)14-7-9-20(10-8-14)17(21)22-18(4,5)6/h11-12,14,19H,7-10H2,1-6H3. The zero-order chi connectivity index (χ0) is 16.5. The maximum absolute atomic E-state index is 12.1. The van der Waals surface area contributed by atoms with Crippen LogP contribution in [0.5, 0.6) is 0 Å². The first-order valence-corrected chi connectivity index (χ1v) is 8.34. The minimum atomic E-state index is -0.420. The van der Waals surface area contributed by atoms with Crippen LogP contribution < -0.4 is 0 Å². The molecular formula is C18H30N2O2. The molecule has 2 heterocycles. The first-order valence-electron chi connectivity index (χ1n) is 8.34. The summed E-state index contributed by atoms with van der Waals surface area (Å²) in [5.41, 5.74) is 3.73. The van der Waals surface area contributed by atoms with Gasteiger partial charge in [0.1, 0.15) is 5.60 Å². The topological polar surface area (TPSA) is 45.3 Å². The molecule has 4 nitrogen and oxygen atoms in total. The number of amides is 1. The quantitative estimate of drug-likeness (QED) is 0.870. The molecule has 22 heavy (non-hydrogen) atoms. The number of H-pyrrole nitrogens is 1. The molecule has 1 N–H and O–H groups in total. The van der Waals surface area contributed by atoms with Crippen molar-refractivity contribution in [2.24, 2.45) is 0 Å². The van der Waals surface area contributed by atoms with Gasteiger partial charge >= 0.3 is 6.09 Å². The summed E-state index contributed by atoms with van der Waals surface area (Å²) >= 11 is 0. The van der Waals surface area contributed by atoms with Gasteiger partial charge in [-0.05, 0) is 57.6 Å². The Balaban J connectivity index is 1.96. The molecule has 0 saturated carbocycles. The van der Waals surface area contributed by atoms with Crippen molar-refractivity contribution in [1.29, 1.82) is 0 Å². The van der Waals surface area contributed by atoms with Crippen molar-refractivity contribution in [1.82, 2.24) is 9.88 Å². The van der Waals surface area contributed by atoms with Crippen LogP contribution >= 0.6 is 0 Å². The first-order chi connectivity index (χ1) is 10.2. The van der Waals surface area contributed by atoms with Crippen molar-refractivity contribution in [2.45, 2.75) is 71.8 Å². The molecule has 1 amide bonds. The van der Waals surface area contributed by atoms with Crippen molar-refractivity contribution < 1.29 is 9.53 Å². The molecule has 124 valence electrons. The second-order valence-electron chi connectivity index (χ2n) is 7.68. The molecule has 0 bridgehead atoms. The molecule has 1 aliphatic rings. The fourth-order valence-corrected chi connectivity index (χ4v) is 3.23. The zero-order valence-electron chi connectivity index (χ0n) is 14.8. The Kier molecular flexibility index (Phi) is 4.88. The Morgan fingerprint density at radius 1 is 1.32 bits per heavy atom. The smallest absolute Gasteiger partial charge is 0.410 e. The number of aromatic amines is 1. The van der Waals surface area contributed by atoms with E-state index in [0.29, 0.717) is 11.8 Å². The molecule has 1 fully saturated rings. The molecule has 1 aromatic heterocycles. The maximum Gasteiger partial charge on any atom is 0.410 e. The van der Waals surface area contributed by atoms with Gasteiger partial charge in [-0.1, -0.05) is 13.8 Å². The van der Waals surface area contributed by atoms with Crippen LogP contribution in [0.2, 0.25) is 0 Å². The molecule has 2 rings (SSSR count). The van der Waals surface area contributed by atoms with Gasteiger partial charge in [-0.25, -0.2) is 4.79 Å². The minimum Gasteiger partial charge on any atom is -0.444 e. The van der Waals surface area contributed by atoms with E-state index in [2.05, 4.69) is 32.0 Å². The summed E-state index contributed by atoms with van der Waals surface area (Å²) in [6.07, 6.45) is 3.96. The Morgan fingerprint density at radius 3 is 2.36 bits per heavy atom. The Bertz CT molecular complexity index is 518. The number of ether oxygens (including phenoxy) is 1. The molecule has 0 aliphatic carbocycles. The molecule has 0 unspecified atom stereocenters. The molecule has 1 saturated heterocycles. The number of aromatic nitrogens is 1. The first kappa shape index (κ1) is 16.9. The molecule has 0 radical (unpaired) electrons. The van der Waals surface area contributed by atoms with Crippen molar-refractivity contribution in [2.75, 3.05) is 13.1 Å². The Morgan fingerprint density at radius 2 is 1.91 bits per heavy atom. The Labute approximate surface area is 134 Å². The highest BCUT2D eigenvalue weighted by molar-refractivity contribution is 5.68. The van der Waals surface area contributed by atoms with Crippen LogP contribution in [0.3, 0.4) is 0 Å². The molecule has 0 spiro atoms. The van der Waals surface area contributed by atoms with E-state index in [-0.39, 0.29) is 6.09 Å². The maximum atomic E-state index is 12.1. The molecule has 4 heteroatoms. The normalized spacial score (nSPS) is 17.1. The van der Waals surface area contributed by atoms with Gasteiger partial charge in [0.25, 0.3) is 0 Å². The van der Waals surface area contributed by atoms with Crippen LogP contribution in [0.1, 0.15) is 76.1 Å². The lowest BCUT2D eigenvalue weighted by Crippen LogP contribution is -2.41. The highest BCUT2D eigenvalue weighted by Gasteiger charge is 2.29. The van der Waals surface area contributed by atoms with Crippen LogP contribution in [0, 0.1) is 6.92 Å². The van der Waals surface area contributed by atoms with Crippen LogP contribution in [0.4, 0.5) is 4.79 Å². The SMILES string of the molecule is Cc1c(C(C)C)c[nH]c1C1CCN(C(=O)OC(C)(C)C)CC1. The third-order valence-corrected chi connectivity index (χ3v) is 4.40. The number of nitrogens with one attached hydrogen (secondary N) is 1. The van der Waals surface area contributed by atoms with Gasteiger partial charge in [0.2, 0.25) is 0 Å². The average molecular weight is 306 g/mol. The summed E-state index contributed by atoms with van der Waals surface area (Å²) in [6, 6.07) is 0. The zero-order valence-corrected chi connectivity index (χ0v) is 14.8. The number of hydrogen-bond donors (Lipinski definition) is 1. The predicted octanol–water partition coefficient (Wildman–Crippen LogP) is 4.56. The largest absolute Gasteiger partial charge is 0.444 e. The van der Waals surface area contributed by atoms with E-state index in [1.54, 1.807) is 0 Å². The van der Waals surface area contributed by atoms with E-state index in [0.717, 1.165) is 25.9 Å². The van der Waals surface area contributed by atoms with E-state index in [4.69, 9.17) is 4.74 Å². The average Bonchev–Trinajstić information content (AvgIpc) is 2.79. The van der Waals surface area contributed by atoms with Crippen LogP contribution in [-0.4, -0.2) is 34.7 Å². The molecule has 1 aliphatic heterocycles. The lowest BCUT2D eigenvalue weighted by atomic mass is 9.90. The van der Waals surface area contributed by atoms with E-state index >= 15 is 0 Å². The summed E-state index contributed by atoms with van der Waals surface area (Å²) in [4.78, 5) is 17.4. The van der Waals surface area contributed by atoms with Gasteiger partial charge in [0, 0.05) is 30.9 Å². The van der Waals surface area contributed by atoms with Crippen LogP contribution in [0.25, 0.3) is 0 Å². The molecule has 0 aromatic carbocycles.